The molecule has 0 spiro atoms. The first-order valence-corrected chi connectivity index (χ1v) is 4.33. The van der Waals surface area contributed by atoms with Crippen molar-refractivity contribution in [3.05, 3.63) is 12.7 Å². The van der Waals surface area contributed by atoms with E-state index in [-0.39, 0.29) is 0 Å². The highest BCUT2D eigenvalue weighted by atomic mass is 16.3. The molecule has 1 aliphatic rings. The summed E-state index contributed by atoms with van der Waals surface area (Å²) in [7, 11) is 0. The third-order valence-electron chi connectivity index (χ3n) is 2.46. The number of hydrogen-bond donors (Lipinski definition) is 1. The van der Waals surface area contributed by atoms with Gasteiger partial charge in [0.25, 0.3) is 0 Å². The van der Waals surface area contributed by atoms with Crippen LogP contribution in [0, 0.1) is 0 Å². The van der Waals surface area contributed by atoms with Gasteiger partial charge in [-0.15, -0.1) is 0 Å². The molecule has 1 fully saturated rings. The fraction of sp³-hybridized carbons (Fsp3) is 0.750. The standard InChI is InChI=1S/C8H13N3O/c12-8(3-1-2-4-8)5-11-7-9-6-10-11/h6-7,12H,1-5H2. The van der Waals surface area contributed by atoms with Crippen molar-refractivity contribution >= 4 is 0 Å². The van der Waals surface area contributed by atoms with Crippen LogP contribution < -0.4 is 0 Å². The van der Waals surface area contributed by atoms with Crippen molar-refractivity contribution in [1.82, 2.24) is 14.8 Å². The SMILES string of the molecule is OC1(Cn2cncn2)CCCC1. The molecule has 0 unspecified atom stereocenters. The minimum absolute atomic E-state index is 0.520. The average molecular weight is 167 g/mol. The van der Waals surface area contributed by atoms with Crippen molar-refractivity contribution in [2.75, 3.05) is 0 Å². The highest BCUT2D eigenvalue weighted by molar-refractivity contribution is 4.84. The largest absolute Gasteiger partial charge is 0.388 e. The van der Waals surface area contributed by atoms with Gasteiger partial charge in [0.2, 0.25) is 0 Å². The minimum Gasteiger partial charge on any atom is -0.388 e. The van der Waals surface area contributed by atoms with Crippen LogP contribution in [-0.2, 0) is 6.54 Å². The fourth-order valence-electron chi connectivity index (χ4n) is 1.81. The van der Waals surface area contributed by atoms with Gasteiger partial charge < -0.3 is 5.11 Å². The summed E-state index contributed by atoms with van der Waals surface area (Å²) in [6, 6.07) is 0. The second kappa shape index (κ2) is 2.86. The highest BCUT2D eigenvalue weighted by Crippen LogP contribution is 2.30. The molecule has 0 saturated heterocycles. The summed E-state index contributed by atoms with van der Waals surface area (Å²) in [5, 5.41) is 13.9. The number of aromatic nitrogens is 3. The Morgan fingerprint density at radius 1 is 1.42 bits per heavy atom. The van der Waals surface area contributed by atoms with E-state index in [0.717, 1.165) is 25.7 Å². The van der Waals surface area contributed by atoms with Crippen LogP contribution in [0.1, 0.15) is 25.7 Å². The zero-order valence-electron chi connectivity index (χ0n) is 6.98. The molecule has 1 N–H and O–H groups in total. The zero-order chi connectivity index (χ0) is 8.44. The molecule has 1 aromatic rings. The van der Waals surface area contributed by atoms with E-state index in [1.54, 1.807) is 11.0 Å². The normalized spacial score (nSPS) is 21.4. The van der Waals surface area contributed by atoms with Crippen molar-refractivity contribution in [2.24, 2.45) is 0 Å². The summed E-state index contributed by atoms with van der Waals surface area (Å²) in [4.78, 5) is 3.84. The molecule has 0 radical (unpaired) electrons. The van der Waals surface area contributed by atoms with Gasteiger partial charge in [0.1, 0.15) is 12.7 Å². The van der Waals surface area contributed by atoms with Crippen LogP contribution in [-0.4, -0.2) is 25.5 Å². The van der Waals surface area contributed by atoms with Crippen LogP contribution in [0.3, 0.4) is 0 Å². The van der Waals surface area contributed by atoms with E-state index in [9.17, 15) is 5.11 Å². The van der Waals surface area contributed by atoms with Gasteiger partial charge >= 0.3 is 0 Å². The first-order valence-electron chi connectivity index (χ1n) is 4.33. The number of hydrogen-bond acceptors (Lipinski definition) is 3. The van der Waals surface area contributed by atoms with Crippen LogP contribution in [0.15, 0.2) is 12.7 Å². The molecule has 0 atom stereocenters. The van der Waals surface area contributed by atoms with E-state index in [4.69, 9.17) is 0 Å². The third-order valence-corrected chi connectivity index (χ3v) is 2.46. The molecular weight excluding hydrogens is 154 g/mol. The second-order valence-corrected chi connectivity index (χ2v) is 3.52. The van der Waals surface area contributed by atoms with Crippen molar-refractivity contribution in [3.8, 4) is 0 Å². The zero-order valence-corrected chi connectivity index (χ0v) is 6.98. The average Bonchev–Trinajstić information content (AvgIpc) is 2.62. The van der Waals surface area contributed by atoms with Gasteiger partial charge in [-0.05, 0) is 12.8 Å². The van der Waals surface area contributed by atoms with Crippen LogP contribution in [0.5, 0.6) is 0 Å². The predicted octanol–water partition coefficient (Wildman–Crippen LogP) is 0.583. The third kappa shape index (κ3) is 1.48. The number of aliphatic hydroxyl groups is 1. The Kier molecular flexibility index (Phi) is 1.84. The summed E-state index contributed by atoms with van der Waals surface area (Å²) in [5.74, 6) is 0. The molecular formula is C8H13N3O. The molecule has 12 heavy (non-hydrogen) atoms. The molecule has 66 valence electrons. The smallest absolute Gasteiger partial charge is 0.137 e. The van der Waals surface area contributed by atoms with E-state index >= 15 is 0 Å². The van der Waals surface area contributed by atoms with Crippen LogP contribution in [0.2, 0.25) is 0 Å². The quantitative estimate of drug-likeness (QED) is 0.701. The van der Waals surface area contributed by atoms with Gasteiger partial charge in [-0.1, -0.05) is 12.8 Å². The van der Waals surface area contributed by atoms with Gasteiger partial charge in [-0.2, -0.15) is 5.10 Å². The first-order chi connectivity index (χ1) is 5.79. The number of nitrogens with zero attached hydrogens (tertiary/aromatic N) is 3. The molecule has 0 amide bonds. The Balaban J connectivity index is 2.02. The first kappa shape index (κ1) is 7.73. The molecule has 4 heteroatoms. The maximum Gasteiger partial charge on any atom is 0.137 e. The summed E-state index contributed by atoms with van der Waals surface area (Å²) in [6.45, 7) is 0.590. The van der Waals surface area contributed by atoms with Crippen LogP contribution >= 0.6 is 0 Å². The van der Waals surface area contributed by atoms with Gasteiger partial charge in [0, 0.05) is 0 Å². The Morgan fingerprint density at radius 3 is 2.75 bits per heavy atom. The maximum absolute atomic E-state index is 9.97. The molecule has 1 aromatic heterocycles. The molecule has 0 bridgehead atoms. The lowest BCUT2D eigenvalue weighted by molar-refractivity contribution is 0.0264. The van der Waals surface area contributed by atoms with Crippen molar-refractivity contribution in [1.29, 1.82) is 0 Å². The van der Waals surface area contributed by atoms with Crippen molar-refractivity contribution in [3.63, 3.8) is 0 Å². The lowest BCUT2D eigenvalue weighted by Crippen LogP contribution is -2.30. The van der Waals surface area contributed by atoms with Gasteiger partial charge in [-0.25, -0.2) is 4.98 Å². The van der Waals surface area contributed by atoms with Gasteiger partial charge in [0.15, 0.2) is 0 Å². The van der Waals surface area contributed by atoms with Crippen molar-refractivity contribution < 1.29 is 5.11 Å². The summed E-state index contributed by atoms with van der Waals surface area (Å²) >= 11 is 0. The Labute approximate surface area is 71.2 Å². The van der Waals surface area contributed by atoms with E-state index in [2.05, 4.69) is 10.1 Å². The van der Waals surface area contributed by atoms with Crippen LogP contribution in [0.25, 0.3) is 0 Å². The molecule has 2 rings (SSSR count). The molecule has 1 heterocycles. The van der Waals surface area contributed by atoms with Gasteiger partial charge in [0.05, 0.1) is 12.1 Å². The van der Waals surface area contributed by atoms with E-state index in [1.165, 1.54) is 6.33 Å². The maximum atomic E-state index is 9.97. The minimum atomic E-state index is -0.520. The molecule has 1 aliphatic carbocycles. The van der Waals surface area contributed by atoms with E-state index in [0.29, 0.717) is 6.54 Å². The summed E-state index contributed by atoms with van der Waals surface area (Å²) in [5.41, 5.74) is -0.520. The summed E-state index contributed by atoms with van der Waals surface area (Å²) < 4.78 is 1.70. The lowest BCUT2D eigenvalue weighted by Gasteiger charge is -2.21. The monoisotopic (exact) mass is 167 g/mol. The lowest BCUT2D eigenvalue weighted by atomic mass is 10.0. The fourth-order valence-corrected chi connectivity index (χ4v) is 1.81. The Hall–Kier alpha value is -0.900. The Bertz CT molecular complexity index is 239. The van der Waals surface area contributed by atoms with Crippen molar-refractivity contribution in [2.45, 2.75) is 37.8 Å². The van der Waals surface area contributed by atoms with Crippen LogP contribution in [0.4, 0.5) is 0 Å². The van der Waals surface area contributed by atoms with Gasteiger partial charge in [-0.3, -0.25) is 4.68 Å². The topological polar surface area (TPSA) is 50.9 Å². The molecule has 0 aliphatic heterocycles. The van der Waals surface area contributed by atoms with E-state index < -0.39 is 5.60 Å². The summed E-state index contributed by atoms with van der Waals surface area (Å²) in [6.07, 6.45) is 7.20. The van der Waals surface area contributed by atoms with E-state index in [1.807, 2.05) is 0 Å². The Morgan fingerprint density at radius 2 is 2.17 bits per heavy atom. The molecule has 4 nitrogen and oxygen atoms in total. The number of rotatable bonds is 2. The molecule has 1 saturated carbocycles. The highest BCUT2D eigenvalue weighted by Gasteiger charge is 2.31. The predicted molar refractivity (Wildman–Crippen MR) is 43.4 cm³/mol. The second-order valence-electron chi connectivity index (χ2n) is 3.52. The molecule has 0 aromatic carbocycles.